The van der Waals surface area contributed by atoms with Gasteiger partial charge in [-0.05, 0) is 55.0 Å². The second-order valence-corrected chi connectivity index (χ2v) is 7.48. The van der Waals surface area contributed by atoms with E-state index in [9.17, 15) is 13.2 Å². The molecule has 0 spiro atoms. The first-order chi connectivity index (χ1) is 11.5. The van der Waals surface area contributed by atoms with Crippen LogP contribution in [0.3, 0.4) is 0 Å². The molecule has 1 aliphatic rings. The Bertz CT molecular complexity index is 830. The highest BCUT2D eigenvalue weighted by Crippen LogP contribution is 2.25. The van der Waals surface area contributed by atoms with E-state index in [-0.39, 0.29) is 11.7 Å². The number of sulfonamides is 1. The number of rotatable bonds is 4. The van der Waals surface area contributed by atoms with Gasteiger partial charge in [-0.15, -0.1) is 0 Å². The molecule has 6 nitrogen and oxygen atoms in total. The molecule has 1 aliphatic heterocycles. The van der Waals surface area contributed by atoms with Crippen LogP contribution in [0.1, 0.15) is 16.8 Å². The van der Waals surface area contributed by atoms with Gasteiger partial charge in [0.15, 0.2) is 0 Å². The molecule has 0 atom stereocenters. The number of anilines is 2. The van der Waals surface area contributed by atoms with Crippen molar-refractivity contribution in [3.63, 3.8) is 0 Å². The number of benzene rings is 2. The van der Waals surface area contributed by atoms with Crippen molar-refractivity contribution in [1.29, 1.82) is 0 Å². The Morgan fingerprint density at radius 3 is 2.29 bits per heavy atom. The van der Waals surface area contributed by atoms with Gasteiger partial charge in [0.05, 0.1) is 18.6 Å². The minimum absolute atomic E-state index is 0.183. The summed E-state index contributed by atoms with van der Waals surface area (Å²) < 4.78 is 30.3. The number of nitrogens with zero attached hydrogens (tertiary/aromatic N) is 1. The van der Waals surface area contributed by atoms with Gasteiger partial charge in [-0.25, -0.2) is 8.42 Å². The monoisotopic (exact) mass is 346 g/mol. The summed E-state index contributed by atoms with van der Waals surface area (Å²) in [5, 5.41) is 2.79. The van der Waals surface area contributed by atoms with Crippen LogP contribution in [0.4, 0.5) is 11.4 Å². The fraction of sp³-hybridized carbons (Fsp3) is 0.235. The Morgan fingerprint density at radius 1 is 1.08 bits per heavy atom. The highest BCUT2D eigenvalue weighted by molar-refractivity contribution is 7.93. The molecule has 1 heterocycles. The fourth-order valence-electron chi connectivity index (χ4n) is 2.59. The van der Waals surface area contributed by atoms with Crippen molar-refractivity contribution in [3.05, 3.63) is 54.1 Å². The third-order valence-corrected chi connectivity index (χ3v) is 5.73. The van der Waals surface area contributed by atoms with E-state index in [0.717, 1.165) is 0 Å². The molecule has 0 unspecified atom stereocenters. The number of nitrogens with one attached hydrogen (secondary N) is 1. The Hall–Kier alpha value is -2.54. The van der Waals surface area contributed by atoms with Crippen molar-refractivity contribution in [3.8, 4) is 5.75 Å². The zero-order valence-corrected chi connectivity index (χ0v) is 14.0. The van der Waals surface area contributed by atoms with E-state index in [2.05, 4.69) is 5.32 Å². The third-order valence-electron chi connectivity index (χ3n) is 3.86. The second kappa shape index (κ2) is 6.52. The molecular formula is C17H18N2O4S. The zero-order chi connectivity index (χ0) is 17.2. The molecule has 24 heavy (non-hydrogen) atoms. The van der Waals surface area contributed by atoms with Crippen molar-refractivity contribution >= 4 is 27.3 Å². The zero-order valence-electron chi connectivity index (χ0n) is 13.2. The van der Waals surface area contributed by atoms with E-state index in [1.54, 1.807) is 55.6 Å². The Kier molecular flexibility index (Phi) is 4.44. The molecule has 1 saturated heterocycles. The first-order valence-electron chi connectivity index (χ1n) is 7.55. The van der Waals surface area contributed by atoms with Gasteiger partial charge in [-0.2, -0.15) is 0 Å². The first kappa shape index (κ1) is 16.3. The summed E-state index contributed by atoms with van der Waals surface area (Å²) in [7, 11) is -1.62. The molecule has 3 rings (SSSR count). The van der Waals surface area contributed by atoms with E-state index in [1.807, 2.05) is 0 Å². The lowest BCUT2D eigenvalue weighted by Gasteiger charge is -2.17. The number of hydrogen-bond donors (Lipinski definition) is 1. The predicted molar refractivity (Wildman–Crippen MR) is 93.1 cm³/mol. The average Bonchev–Trinajstić information content (AvgIpc) is 2.95. The predicted octanol–water partition coefficient (Wildman–Crippen LogP) is 2.49. The first-order valence-corrected chi connectivity index (χ1v) is 9.16. The molecular weight excluding hydrogens is 328 g/mol. The molecule has 0 bridgehead atoms. The number of methoxy groups -OCH3 is 1. The molecule has 1 N–H and O–H groups in total. The Balaban J connectivity index is 1.70. The van der Waals surface area contributed by atoms with Crippen LogP contribution in [0.5, 0.6) is 5.75 Å². The van der Waals surface area contributed by atoms with Crippen LogP contribution < -0.4 is 14.4 Å². The summed E-state index contributed by atoms with van der Waals surface area (Å²) in [5.41, 5.74) is 1.74. The lowest BCUT2D eigenvalue weighted by molar-refractivity contribution is 0.102. The average molecular weight is 346 g/mol. The van der Waals surface area contributed by atoms with E-state index < -0.39 is 10.0 Å². The maximum atomic E-state index is 12.2. The van der Waals surface area contributed by atoms with Gasteiger partial charge in [0.25, 0.3) is 5.91 Å². The van der Waals surface area contributed by atoms with Crippen LogP contribution in [-0.4, -0.2) is 33.7 Å². The molecule has 0 aliphatic carbocycles. The normalized spacial score (nSPS) is 16.0. The van der Waals surface area contributed by atoms with Gasteiger partial charge < -0.3 is 10.1 Å². The van der Waals surface area contributed by atoms with Crippen molar-refractivity contribution in [2.75, 3.05) is 29.0 Å². The molecule has 7 heteroatoms. The van der Waals surface area contributed by atoms with Gasteiger partial charge in [0, 0.05) is 17.8 Å². The molecule has 0 aromatic heterocycles. The van der Waals surface area contributed by atoms with Crippen LogP contribution in [0.15, 0.2) is 48.5 Å². The molecule has 126 valence electrons. The summed E-state index contributed by atoms with van der Waals surface area (Å²) >= 11 is 0. The highest BCUT2D eigenvalue weighted by atomic mass is 32.2. The van der Waals surface area contributed by atoms with Gasteiger partial charge in [-0.3, -0.25) is 9.10 Å². The van der Waals surface area contributed by atoms with Crippen molar-refractivity contribution < 1.29 is 17.9 Å². The lowest BCUT2D eigenvalue weighted by Crippen LogP contribution is -2.24. The quantitative estimate of drug-likeness (QED) is 0.923. The van der Waals surface area contributed by atoms with Gasteiger partial charge >= 0.3 is 0 Å². The lowest BCUT2D eigenvalue weighted by atomic mass is 10.2. The maximum absolute atomic E-state index is 12.2. The van der Waals surface area contributed by atoms with Gasteiger partial charge in [0.1, 0.15) is 5.75 Å². The summed E-state index contributed by atoms with van der Waals surface area (Å²) in [5.74, 6) is 0.630. The molecule has 2 aromatic carbocycles. The molecule has 1 fully saturated rings. The fourth-order valence-corrected chi connectivity index (χ4v) is 4.15. The number of ether oxygens (including phenoxy) is 1. The van der Waals surface area contributed by atoms with Gasteiger partial charge in [0.2, 0.25) is 10.0 Å². The minimum atomic E-state index is -3.19. The molecule has 0 radical (unpaired) electrons. The highest BCUT2D eigenvalue weighted by Gasteiger charge is 2.28. The van der Waals surface area contributed by atoms with Crippen LogP contribution in [0.2, 0.25) is 0 Å². The summed E-state index contributed by atoms with van der Waals surface area (Å²) in [4.78, 5) is 12.2. The van der Waals surface area contributed by atoms with E-state index in [0.29, 0.717) is 35.7 Å². The van der Waals surface area contributed by atoms with Crippen LogP contribution in [-0.2, 0) is 10.0 Å². The molecule has 2 aromatic rings. The smallest absolute Gasteiger partial charge is 0.255 e. The number of hydrogen-bond acceptors (Lipinski definition) is 4. The summed E-state index contributed by atoms with van der Waals surface area (Å²) in [6, 6.07) is 13.6. The van der Waals surface area contributed by atoms with Crippen molar-refractivity contribution in [2.24, 2.45) is 0 Å². The van der Waals surface area contributed by atoms with Crippen molar-refractivity contribution in [2.45, 2.75) is 6.42 Å². The second-order valence-electron chi connectivity index (χ2n) is 5.47. The standard InChI is InChI=1S/C17H18N2O4S/c1-23-16-9-3-13(4-10-16)17(20)18-14-5-7-15(8-6-14)19-11-2-12-24(19,21)22/h3-10H,2,11-12H2,1H3,(H,18,20). The van der Waals surface area contributed by atoms with Gasteiger partial charge in [-0.1, -0.05) is 0 Å². The number of carbonyl (C=O) groups excluding carboxylic acids is 1. The van der Waals surface area contributed by atoms with Crippen LogP contribution >= 0.6 is 0 Å². The van der Waals surface area contributed by atoms with Crippen LogP contribution in [0, 0.1) is 0 Å². The topological polar surface area (TPSA) is 75.7 Å². The van der Waals surface area contributed by atoms with E-state index >= 15 is 0 Å². The largest absolute Gasteiger partial charge is 0.497 e. The molecule has 0 saturated carbocycles. The summed E-state index contributed by atoms with van der Waals surface area (Å²) in [6.45, 7) is 0.500. The Morgan fingerprint density at radius 2 is 1.75 bits per heavy atom. The summed E-state index contributed by atoms with van der Waals surface area (Å²) in [6.07, 6.45) is 0.637. The SMILES string of the molecule is COc1ccc(C(=O)Nc2ccc(N3CCCS3(=O)=O)cc2)cc1. The maximum Gasteiger partial charge on any atom is 0.255 e. The minimum Gasteiger partial charge on any atom is -0.497 e. The van der Waals surface area contributed by atoms with E-state index in [4.69, 9.17) is 4.74 Å². The van der Waals surface area contributed by atoms with Crippen LogP contribution in [0.25, 0.3) is 0 Å². The number of amides is 1. The van der Waals surface area contributed by atoms with E-state index in [1.165, 1.54) is 4.31 Å². The van der Waals surface area contributed by atoms with Crippen molar-refractivity contribution in [1.82, 2.24) is 0 Å². The molecule has 1 amide bonds. The third kappa shape index (κ3) is 3.35. The Labute approximate surface area is 141 Å². The number of carbonyl (C=O) groups is 1.